The first-order chi connectivity index (χ1) is 12.8. The molecule has 0 aliphatic carbocycles. The number of allylic oxidation sites excluding steroid dienone is 1. The quantitative estimate of drug-likeness (QED) is 0.442. The van der Waals surface area contributed by atoms with Crippen molar-refractivity contribution in [2.24, 2.45) is 0 Å². The first-order valence-electron chi connectivity index (χ1n) is 8.61. The van der Waals surface area contributed by atoms with Gasteiger partial charge in [0.05, 0.1) is 5.02 Å². The van der Waals surface area contributed by atoms with E-state index in [4.69, 9.17) is 16.3 Å². The van der Waals surface area contributed by atoms with E-state index in [0.717, 1.165) is 44.1 Å². The highest BCUT2D eigenvalue weighted by molar-refractivity contribution is 6.35. The molecule has 3 heteroatoms. The lowest BCUT2D eigenvalue weighted by Gasteiger charge is -2.25. The lowest BCUT2D eigenvalue weighted by Crippen LogP contribution is -2.10. The normalized spacial score (nSPS) is 16.0. The van der Waals surface area contributed by atoms with Crippen LogP contribution in [0.2, 0.25) is 5.02 Å². The molecule has 0 radical (unpaired) electrons. The first-order valence-corrected chi connectivity index (χ1v) is 8.98. The SMILES string of the molecule is Clc1cccc2[nH]cc(C3C=C(c4ccccc4)Oc4ccccc43)c12. The summed E-state index contributed by atoms with van der Waals surface area (Å²) in [5.41, 5.74) is 4.42. The minimum Gasteiger partial charge on any atom is -0.457 e. The van der Waals surface area contributed by atoms with Gasteiger partial charge in [0.15, 0.2) is 0 Å². The van der Waals surface area contributed by atoms with Crippen molar-refractivity contribution in [3.05, 3.63) is 107 Å². The number of fused-ring (bicyclic) bond motifs is 2. The summed E-state index contributed by atoms with van der Waals surface area (Å²) in [4.78, 5) is 3.36. The number of H-pyrrole nitrogens is 1. The smallest absolute Gasteiger partial charge is 0.131 e. The second-order valence-electron chi connectivity index (χ2n) is 6.42. The van der Waals surface area contributed by atoms with Crippen LogP contribution in [0.15, 0.2) is 85.1 Å². The van der Waals surface area contributed by atoms with Crippen LogP contribution in [-0.4, -0.2) is 4.98 Å². The largest absolute Gasteiger partial charge is 0.457 e. The summed E-state index contributed by atoms with van der Waals surface area (Å²) in [5.74, 6) is 1.83. The summed E-state index contributed by atoms with van der Waals surface area (Å²) in [5, 5.41) is 1.83. The average Bonchev–Trinajstić information content (AvgIpc) is 3.13. The van der Waals surface area contributed by atoms with E-state index < -0.39 is 0 Å². The Balaban J connectivity index is 1.74. The van der Waals surface area contributed by atoms with Crippen LogP contribution in [0.3, 0.4) is 0 Å². The van der Waals surface area contributed by atoms with Crippen LogP contribution in [0.25, 0.3) is 16.7 Å². The van der Waals surface area contributed by atoms with Gasteiger partial charge in [0.25, 0.3) is 0 Å². The molecule has 3 aromatic carbocycles. The number of nitrogens with one attached hydrogen (secondary N) is 1. The van der Waals surface area contributed by atoms with Gasteiger partial charge < -0.3 is 9.72 Å². The summed E-state index contributed by atoms with van der Waals surface area (Å²) in [6.45, 7) is 0. The number of hydrogen-bond donors (Lipinski definition) is 1. The van der Waals surface area contributed by atoms with Crippen molar-refractivity contribution in [2.75, 3.05) is 0 Å². The average molecular weight is 358 g/mol. The van der Waals surface area contributed by atoms with Crippen LogP contribution in [0.4, 0.5) is 0 Å². The molecule has 5 rings (SSSR count). The van der Waals surface area contributed by atoms with E-state index in [1.54, 1.807) is 0 Å². The highest BCUT2D eigenvalue weighted by atomic mass is 35.5. The fourth-order valence-corrected chi connectivity index (χ4v) is 3.93. The van der Waals surface area contributed by atoms with E-state index in [9.17, 15) is 0 Å². The fourth-order valence-electron chi connectivity index (χ4n) is 3.65. The van der Waals surface area contributed by atoms with Crippen LogP contribution in [0.1, 0.15) is 22.6 Å². The molecule has 126 valence electrons. The summed E-state index contributed by atoms with van der Waals surface area (Å²) < 4.78 is 6.21. The van der Waals surface area contributed by atoms with Gasteiger partial charge in [-0.05, 0) is 29.8 Å². The van der Waals surface area contributed by atoms with E-state index in [1.807, 2.05) is 48.5 Å². The summed E-state index contributed by atoms with van der Waals surface area (Å²) in [6.07, 6.45) is 4.24. The van der Waals surface area contributed by atoms with Crippen LogP contribution in [0, 0.1) is 0 Å². The number of benzene rings is 3. The van der Waals surface area contributed by atoms with Crippen LogP contribution in [-0.2, 0) is 0 Å². The van der Waals surface area contributed by atoms with Crippen LogP contribution in [0.5, 0.6) is 5.75 Å². The van der Waals surface area contributed by atoms with E-state index in [-0.39, 0.29) is 5.92 Å². The predicted molar refractivity (Wildman–Crippen MR) is 107 cm³/mol. The number of aromatic nitrogens is 1. The van der Waals surface area contributed by atoms with Crippen LogP contribution < -0.4 is 4.74 Å². The van der Waals surface area contributed by atoms with Crippen molar-refractivity contribution in [3.63, 3.8) is 0 Å². The Morgan fingerprint density at radius 1 is 0.808 bits per heavy atom. The molecule has 0 saturated carbocycles. The molecule has 1 aliphatic rings. The molecule has 0 fully saturated rings. The number of para-hydroxylation sites is 1. The number of ether oxygens (including phenoxy) is 1. The maximum absolute atomic E-state index is 6.53. The molecule has 26 heavy (non-hydrogen) atoms. The molecular weight excluding hydrogens is 342 g/mol. The van der Waals surface area contributed by atoms with E-state index >= 15 is 0 Å². The first kappa shape index (κ1) is 15.3. The molecule has 1 unspecified atom stereocenters. The van der Waals surface area contributed by atoms with Gasteiger partial charge in [0.1, 0.15) is 11.5 Å². The second kappa shape index (κ2) is 6.08. The van der Waals surface area contributed by atoms with Crippen molar-refractivity contribution in [3.8, 4) is 5.75 Å². The Labute approximate surface area is 156 Å². The zero-order valence-electron chi connectivity index (χ0n) is 13.9. The molecule has 1 N–H and O–H groups in total. The van der Waals surface area contributed by atoms with Gasteiger partial charge in [-0.3, -0.25) is 0 Å². The minimum absolute atomic E-state index is 0.0730. The van der Waals surface area contributed by atoms with Gasteiger partial charge >= 0.3 is 0 Å². The van der Waals surface area contributed by atoms with Crippen LogP contribution >= 0.6 is 11.6 Å². The van der Waals surface area contributed by atoms with E-state index in [1.165, 1.54) is 0 Å². The van der Waals surface area contributed by atoms with E-state index in [0.29, 0.717) is 0 Å². The Bertz CT molecular complexity index is 1130. The molecule has 2 heterocycles. The van der Waals surface area contributed by atoms with Gasteiger partial charge in [-0.1, -0.05) is 66.2 Å². The summed E-state index contributed by atoms with van der Waals surface area (Å²) in [7, 11) is 0. The molecule has 4 aromatic rings. The topological polar surface area (TPSA) is 25.0 Å². The van der Waals surface area contributed by atoms with Crippen molar-refractivity contribution in [1.82, 2.24) is 4.98 Å². The van der Waals surface area contributed by atoms with Gasteiger partial charge in [-0.15, -0.1) is 0 Å². The van der Waals surface area contributed by atoms with E-state index in [2.05, 4.69) is 41.5 Å². The Hall–Kier alpha value is -2.97. The minimum atomic E-state index is 0.0730. The van der Waals surface area contributed by atoms with Crippen molar-refractivity contribution < 1.29 is 4.74 Å². The molecule has 0 bridgehead atoms. The standard InChI is InChI=1S/C23H16ClNO/c24-19-10-6-11-20-23(19)18(14-25-20)17-13-22(15-7-2-1-3-8-15)26-21-12-5-4-9-16(17)21/h1-14,17,25H. The lowest BCUT2D eigenvalue weighted by atomic mass is 9.87. The Morgan fingerprint density at radius 2 is 1.62 bits per heavy atom. The van der Waals surface area contributed by atoms with Crippen molar-refractivity contribution >= 4 is 28.3 Å². The zero-order chi connectivity index (χ0) is 17.5. The molecule has 0 spiro atoms. The van der Waals surface area contributed by atoms with Crippen molar-refractivity contribution in [1.29, 1.82) is 0 Å². The maximum Gasteiger partial charge on any atom is 0.131 e. The zero-order valence-corrected chi connectivity index (χ0v) is 14.7. The molecule has 2 nitrogen and oxygen atoms in total. The van der Waals surface area contributed by atoms with Gasteiger partial charge in [-0.2, -0.15) is 0 Å². The molecule has 1 aromatic heterocycles. The summed E-state index contributed by atoms with van der Waals surface area (Å²) in [6, 6.07) is 24.4. The highest BCUT2D eigenvalue weighted by Crippen LogP contribution is 2.43. The highest BCUT2D eigenvalue weighted by Gasteiger charge is 2.26. The second-order valence-corrected chi connectivity index (χ2v) is 6.83. The third-order valence-electron chi connectivity index (χ3n) is 4.87. The number of rotatable bonds is 2. The predicted octanol–water partition coefficient (Wildman–Crippen LogP) is 6.39. The Morgan fingerprint density at radius 3 is 2.50 bits per heavy atom. The fraction of sp³-hybridized carbons (Fsp3) is 0.0435. The molecule has 0 saturated heterocycles. The van der Waals surface area contributed by atoms with Crippen molar-refractivity contribution in [2.45, 2.75) is 5.92 Å². The number of halogens is 1. The Kier molecular flexibility index (Phi) is 3.58. The number of aromatic amines is 1. The lowest BCUT2D eigenvalue weighted by molar-refractivity contribution is 0.493. The maximum atomic E-state index is 6.53. The summed E-state index contributed by atoms with van der Waals surface area (Å²) >= 11 is 6.53. The van der Waals surface area contributed by atoms with Gasteiger partial charge in [0, 0.05) is 34.1 Å². The van der Waals surface area contributed by atoms with Gasteiger partial charge in [0.2, 0.25) is 0 Å². The third kappa shape index (κ3) is 2.42. The van der Waals surface area contributed by atoms with Gasteiger partial charge in [-0.25, -0.2) is 0 Å². The third-order valence-corrected chi connectivity index (χ3v) is 5.19. The monoisotopic (exact) mass is 357 g/mol. The molecule has 0 amide bonds. The molecule has 1 aliphatic heterocycles. The molecule has 1 atom stereocenters. The molecular formula is C23H16ClNO. The number of hydrogen-bond acceptors (Lipinski definition) is 1.